The van der Waals surface area contributed by atoms with E-state index in [2.05, 4.69) is 20.7 Å². The fraction of sp³-hybridized carbons (Fsp3) is 0.733. The van der Waals surface area contributed by atoms with Crippen LogP contribution >= 0.6 is 24.0 Å². The largest absolute Gasteiger partial charge is 0.357 e. The van der Waals surface area contributed by atoms with Crippen LogP contribution in [0.3, 0.4) is 0 Å². The van der Waals surface area contributed by atoms with E-state index in [1.165, 1.54) is 4.31 Å². The lowest BCUT2D eigenvalue weighted by atomic mass is 10.4. The van der Waals surface area contributed by atoms with Crippen molar-refractivity contribution >= 4 is 40.0 Å². The van der Waals surface area contributed by atoms with Crippen molar-refractivity contribution < 1.29 is 8.42 Å². The maximum Gasteiger partial charge on any atom is 0.213 e. The second-order valence-corrected chi connectivity index (χ2v) is 7.75. The van der Waals surface area contributed by atoms with Gasteiger partial charge in [-0.3, -0.25) is 9.67 Å². The number of aryl methyl sites for hydroxylation is 1. The van der Waals surface area contributed by atoms with E-state index < -0.39 is 10.0 Å². The molecule has 0 aliphatic heterocycles. The molecular formula is C15H31IN6O2S. The minimum Gasteiger partial charge on any atom is -0.357 e. The van der Waals surface area contributed by atoms with Crippen molar-refractivity contribution in [3.05, 3.63) is 18.5 Å². The van der Waals surface area contributed by atoms with Crippen molar-refractivity contribution in [1.29, 1.82) is 0 Å². The van der Waals surface area contributed by atoms with Crippen molar-refractivity contribution in [2.45, 2.75) is 33.2 Å². The van der Waals surface area contributed by atoms with E-state index in [4.69, 9.17) is 0 Å². The third kappa shape index (κ3) is 10.00. The fourth-order valence-electron chi connectivity index (χ4n) is 2.07. The predicted octanol–water partition coefficient (Wildman–Crippen LogP) is 1.12. The number of aliphatic imine (C=N–C) groups is 1. The summed E-state index contributed by atoms with van der Waals surface area (Å²) in [4.78, 5) is 4.52. The Morgan fingerprint density at radius 3 is 2.64 bits per heavy atom. The average molecular weight is 486 g/mol. The third-order valence-corrected chi connectivity index (χ3v) is 5.36. The summed E-state index contributed by atoms with van der Waals surface area (Å²) in [5.74, 6) is 0.899. The molecule has 0 spiro atoms. The molecule has 1 heterocycles. The Morgan fingerprint density at radius 1 is 1.28 bits per heavy atom. The molecule has 1 rings (SSSR count). The Morgan fingerprint density at radius 2 is 2.04 bits per heavy atom. The molecule has 0 bridgehead atoms. The summed E-state index contributed by atoms with van der Waals surface area (Å²) >= 11 is 0. The van der Waals surface area contributed by atoms with Gasteiger partial charge in [-0.1, -0.05) is 0 Å². The third-order valence-electron chi connectivity index (χ3n) is 3.50. The molecule has 146 valence electrons. The van der Waals surface area contributed by atoms with Gasteiger partial charge < -0.3 is 10.6 Å². The first-order chi connectivity index (χ1) is 11.5. The van der Waals surface area contributed by atoms with E-state index in [-0.39, 0.29) is 29.7 Å². The standard InChI is InChI=1S/C15H30N6O2S.HI/c1-4-16-15(18-10-7-13-21-14-8-11-19-21)17-9-6-12-20(3)24(22,23)5-2;/h8,11,14H,4-7,9-10,12-13H2,1-3H3,(H2,16,17,18);1H. The Bertz CT molecular complexity index is 577. The lowest BCUT2D eigenvalue weighted by molar-refractivity contribution is 0.461. The van der Waals surface area contributed by atoms with Crippen LogP contribution in [0.5, 0.6) is 0 Å². The highest BCUT2D eigenvalue weighted by Gasteiger charge is 2.13. The first-order valence-corrected chi connectivity index (χ1v) is 10.0. The second-order valence-electron chi connectivity index (χ2n) is 5.39. The van der Waals surface area contributed by atoms with Crippen LogP contribution in [0, 0.1) is 0 Å². The molecule has 8 nitrogen and oxygen atoms in total. The van der Waals surface area contributed by atoms with Gasteiger partial charge in [0.15, 0.2) is 5.96 Å². The van der Waals surface area contributed by atoms with Crippen molar-refractivity contribution in [2.24, 2.45) is 4.99 Å². The lowest BCUT2D eigenvalue weighted by Gasteiger charge is -2.16. The van der Waals surface area contributed by atoms with Crippen molar-refractivity contribution in [1.82, 2.24) is 24.7 Å². The number of rotatable bonds is 11. The molecule has 0 unspecified atom stereocenters. The van der Waals surface area contributed by atoms with Crippen molar-refractivity contribution in [3.8, 4) is 0 Å². The quantitative estimate of drug-likeness (QED) is 0.212. The van der Waals surface area contributed by atoms with Crippen LogP contribution in [0.2, 0.25) is 0 Å². The van der Waals surface area contributed by atoms with Crippen molar-refractivity contribution in [2.75, 3.05) is 39.0 Å². The molecule has 0 radical (unpaired) electrons. The van der Waals surface area contributed by atoms with Gasteiger partial charge in [-0.05, 0) is 32.8 Å². The molecule has 0 amide bonds. The smallest absolute Gasteiger partial charge is 0.213 e. The van der Waals surface area contributed by atoms with Gasteiger partial charge >= 0.3 is 0 Å². The number of aromatic nitrogens is 2. The van der Waals surface area contributed by atoms with Gasteiger partial charge in [0.05, 0.1) is 5.75 Å². The van der Waals surface area contributed by atoms with Gasteiger partial charge in [-0.15, -0.1) is 24.0 Å². The number of guanidine groups is 1. The Hall–Kier alpha value is -0.880. The van der Waals surface area contributed by atoms with E-state index in [1.807, 2.05) is 23.9 Å². The molecule has 1 aromatic rings. The maximum absolute atomic E-state index is 11.7. The summed E-state index contributed by atoms with van der Waals surface area (Å²) in [7, 11) is -1.48. The highest BCUT2D eigenvalue weighted by atomic mass is 127. The van der Waals surface area contributed by atoms with Crippen molar-refractivity contribution in [3.63, 3.8) is 0 Å². The van der Waals surface area contributed by atoms with E-state index in [1.54, 1.807) is 20.2 Å². The van der Waals surface area contributed by atoms with Gasteiger partial charge in [0, 0.05) is 52.2 Å². The topological polar surface area (TPSA) is 91.6 Å². The van der Waals surface area contributed by atoms with Gasteiger partial charge in [0.1, 0.15) is 0 Å². The molecule has 0 atom stereocenters. The molecule has 0 saturated carbocycles. The molecule has 0 aliphatic carbocycles. The SMILES string of the molecule is CCNC(=NCCCn1cccn1)NCCCN(C)S(=O)(=O)CC.I. The number of hydrogen-bond donors (Lipinski definition) is 2. The van der Waals surface area contributed by atoms with Crippen LogP contribution in [0.1, 0.15) is 26.7 Å². The van der Waals surface area contributed by atoms with Crippen LogP contribution in [-0.4, -0.2) is 67.4 Å². The zero-order chi connectivity index (χ0) is 17.8. The zero-order valence-electron chi connectivity index (χ0n) is 15.3. The molecule has 0 fully saturated rings. The molecular weight excluding hydrogens is 455 g/mol. The van der Waals surface area contributed by atoms with E-state index in [9.17, 15) is 8.42 Å². The normalized spacial score (nSPS) is 12.1. The Kier molecular flexibility index (Phi) is 12.9. The van der Waals surface area contributed by atoms with Crippen LogP contribution in [0.4, 0.5) is 0 Å². The molecule has 0 aliphatic rings. The number of nitrogens with zero attached hydrogens (tertiary/aromatic N) is 4. The second kappa shape index (κ2) is 13.3. The summed E-state index contributed by atoms with van der Waals surface area (Å²) in [5.41, 5.74) is 0. The number of nitrogens with one attached hydrogen (secondary N) is 2. The summed E-state index contributed by atoms with van der Waals surface area (Å²) < 4.78 is 26.6. The van der Waals surface area contributed by atoms with Gasteiger partial charge in [0.25, 0.3) is 0 Å². The predicted molar refractivity (Wildman–Crippen MR) is 113 cm³/mol. The Labute approximate surface area is 168 Å². The molecule has 0 aromatic carbocycles. The highest BCUT2D eigenvalue weighted by Crippen LogP contribution is 1.98. The number of sulfonamides is 1. The monoisotopic (exact) mass is 486 g/mol. The fourth-order valence-corrected chi connectivity index (χ4v) is 2.91. The molecule has 1 aromatic heterocycles. The van der Waals surface area contributed by atoms with E-state index in [0.29, 0.717) is 19.6 Å². The minimum absolute atomic E-state index is 0. The van der Waals surface area contributed by atoms with Gasteiger partial charge in [0.2, 0.25) is 10.0 Å². The summed E-state index contributed by atoms with van der Waals surface area (Å²) in [6, 6.07) is 1.91. The molecule has 2 N–H and O–H groups in total. The minimum atomic E-state index is -3.10. The average Bonchev–Trinajstić information content (AvgIpc) is 3.08. The summed E-state index contributed by atoms with van der Waals surface area (Å²) in [6.07, 6.45) is 5.35. The van der Waals surface area contributed by atoms with Gasteiger partial charge in [-0.2, -0.15) is 5.10 Å². The van der Waals surface area contributed by atoms with E-state index in [0.717, 1.165) is 31.9 Å². The molecule has 25 heavy (non-hydrogen) atoms. The Balaban J connectivity index is 0.00000576. The van der Waals surface area contributed by atoms with Crippen LogP contribution in [0.25, 0.3) is 0 Å². The first kappa shape index (κ1) is 24.1. The van der Waals surface area contributed by atoms with Gasteiger partial charge in [-0.25, -0.2) is 12.7 Å². The maximum atomic E-state index is 11.7. The molecule has 0 saturated heterocycles. The zero-order valence-corrected chi connectivity index (χ0v) is 18.5. The van der Waals surface area contributed by atoms with E-state index >= 15 is 0 Å². The lowest BCUT2D eigenvalue weighted by Crippen LogP contribution is -2.39. The summed E-state index contributed by atoms with van der Waals surface area (Å²) in [5, 5.41) is 10.6. The van der Waals surface area contributed by atoms with Crippen LogP contribution in [0.15, 0.2) is 23.5 Å². The first-order valence-electron chi connectivity index (χ1n) is 8.43. The molecule has 10 heteroatoms. The summed E-state index contributed by atoms with van der Waals surface area (Å²) in [6.45, 7) is 7.19. The number of hydrogen-bond acceptors (Lipinski definition) is 4. The van der Waals surface area contributed by atoms with Crippen LogP contribution < -0.4 is 10.6 Å². The van der Waals surface area contributed by atoms with Crippen LogP contribution in [-0.2, 0) is 16.6 Å². The highest BCUT2D eigenvalue weighted by molar-refractivity contribution is 14.0. The number of halogens is 1.